The van der Waals surface area contributed by atoms with Crippen molar-refractivity contribution in [3.8, 4) is 0 Å². The van der Waals surface area contributed by atoms with E-state index in [1.165, 1.54) is 51.4 Å². The van der Waals surface area contributed by atoms with E-state index in [2.05, 4.69) is 18.4 Å². The van der Waals surface area contributed by atoms with Gasteiger partial charge in [0.25, 0.3) is 0 Å². The van der Waals surface area contributed by atoms with E-state index in [1.807, 2.05) is 11.8 Å². The van der Waals surface area contributed by atoms with Crippen LogP contribution in [0.25, 0.3) is 0 Å². The van der Waals surface area contributed by atoms with Crippen molar-refractivity contribution in [1.29, 1.82) is 0 Å². The Morgan fingerprint density at radius 1 is 1.22 bits per heavy atom. The predicted octanol–water partition coefficient (Wildman–Crippen LogP) is 5.50. The van der Waals surface area contributed by atoms with Crippen LogP contribution in [0.3, 0.4) is 0 Å². The molecule has 1 aliphatic rings. The third-order valence-electron chi connectivity index (χ3n) is 3.53. The lowest BCUT2D eigenvalue weighted by atomic mass is 9.99. The predicted molar refractivity (Wildman–Crippen MR) is 82.0 cm³/mol. The van der Waals surface area contributed by atoms with E-state index in [1.54, 1.807) is 0 Å². The van der Waals surface area contributed by atoms with Gasteiger partial charge >= 0.3 is 0 Å². The van der Waals surface area contributed by atoms with Crippen molar-refractivity contribution in [1.82, 2.24) is 0 Å². The topological polar surface area (TPSA) is 17.1 Å². The van der Waals surface area contributed by atoms with Crippen molar-refractivity contribution < 1.29 is 4.79 Å². The summed E-state index contributed by atoms with van der Waals surface area (Å²) in [5.74, 6) is 0.461. The largest absolute Gasteiger partial charge is 0.300 e. The average molecular weight is 268 g/mol. The van der Waals surface area contributed by atoms with Crippen LogP contribution < -0.4 is 0 Å². The fourth-order valence-electron chi connectivity index (χ4n) is 2.38. The first-order valence-electron chi connectivity index (χ1n) is 7.65. The summed E-state index contributed by atoms with van der Waals surface area (Å²) < 4.78 is 0. The van der Waals surface area contributed by atoms with Crippen LogP contribution in [0.4, 0.5) is 0 Å². The standard InChI is InChI=1S/C16H28OS/c1-2-3-4-5-6-7-8-9-13-18-16-12-10-11-15(17)14-16/h9,13,16H,2-8,10-12,14H2,1H3/b13-9-. The van der Waals surface area contributed by atoms with Crippen molar-refractivity contribution in [2.45, 2.75) is 82.8 Å². The zero-order valence-corrected chi connectivity index (χ0v) is 12.6. The number of unbranched alkanes of at least 4 members (excludes halogenated alkanes) is 6. The van der Waals surface area contributed by atoms with Gasteiger partial charge in [0, 0.05) is 18.1 Å². The van der Waals surface area contributed by atoms with E-state index in [-0.39, 0.29) is 0 Å². The van der Waals surface area contributed by atoms with Gasteiger partial charge in [-0.1, -0.05) is 45.1 Å². The van der Waals surface area contributed by atoms with Crippen LogP contribution in [0, 0.1) is 0 Å². The molecule has 0 bridgehead atoms. The molecule has 0 spiro atoms. The van der Waals surface area contributed by atoms with Crippen molar-refractivity contribution in [2.75, 3.05) is 0 Å². The molecule has 1 fully saturated rings. The van der Waals surface area contributed by atoms with Gasteiger partial charge in [-0.05, 0) is 31.1 Å². The highest BCUT2D eigenvalue weighted by Gasteiger charge is 2.18. The van der Waals surface area contributed by atoms with E-state index in [4.69, 9.17) is 0 Å². The molecule has 1 saturated carbocycles. The number of carbonyl (C=O) groups is 1. The number of hydrogen-bond donors (Lipinski definition) is 0. The van der Waals surface area contributed by atoms with Crippen LogP contribution in [0.1, 0.15) is 77.6 Å². The molecule has 1 aliphatic carbocycles. The molecule has 0 amide bonds. The second kappa shape index (κ2) is 10.7. The number of allylic oxidation sites excluding steroid dienone is 1. The number of carbonyl (C=O) groups excluding carboxylic acids is 1. The number of Topliss-reactive ketones (excluding diaryl/α,β-unsaturated/α-hetero) is 1. The molecule has 0 radical (unpaired) electrons. The molecule has 1 rings (SSSR count). The normalized spacial score (nSPS) is 20.7. The molecule has 18 heavy (non-hydrogen) atoms. The first-order valence-corrected chi connectivity index (χ1v) is 8.59. The van der Waals surface area contributed by atoms with Crippen molar-refractivity contribution in [3.63, 3.8) is 0 Å². The van der Waals surface area contributed by atoms with E-state index < -0.39 is 0 Å². The van der Waals surface area contributed by atoms with Crippen molar-refractivity contribution >= 4 is 17.5 Å². The van der Waals surface area contributed by atoms with E-state index >= 15 is 0 Å². The first kappa shape index (κ1) is 15.8. The van der Waals surface area contributed by atoms with Gasteiger partial charge in [0.2, 0.25) is 0 Å². The van der Waals surface area contributed by atoms with Crippen LogP contribution in [0.15, 0.2) is 11.5 Å². The molecule has 104 valence electrons. The molecule has 2 heteroatoms. The highest BCUT2D eigenvalue weighted by molar-refractivity contribution is 8.02. The molecule has 0 saturated heterocycles. The molecular weight excluding hydrogens is 240 g/mol. The lowest BCUT2D eigenvalue weighted by Crippen LogP contribution is -2.15. The molecule has 0 aromatic carbocycles. The zero-order chi connectivity index (χ0) is 13.1. The second-order valence-corrected chi connectivity index (χ2v) is 6.53. The van der Waals surface area contributed by atoms with Crippen LogP contribution in [0.5, 0.6) is 0 Å². The van der Waals surface area contributed by atoms with Crippen molar-refractivity contribution in [2.24, 2.45) is 0 Å². The average Bonchev–Trinajstić information content (AvgIpc) is 2.37. The fraction of sp³-hybridized carbons (Fsp3) is 0.812. The van der Waals surface area contributed by atoms with E-state index in [0.717, 1.165) is 19.3 Å². The summed E-state index contributed by atoms with van der Waals surface area (Å²) in [5, 5.41) is 2.79. The maximum Gasteiger partial charge on any atom is 0.134 e. The highest BCUT2D eigenvalue weighted by Crippen LogP contribution is 2.27. The minimum Gasteiger partial charge on any atom is -0.300 e. The van der Waals surface area contributed by atoms with Gasteiger partial charge in [-0.3, -0.25) is 4.79 Å². The summed E-state index contributed by atoms with van der Waals surface area (Å²) in [6.45, 7) is 2.26. The Morgan fingerprint density at radius 3 is 2.78 bits per heavy atom. The van der Waals surface area contributed by atoms with Gasteiger partial charge < -0.3 is 0 Å². The summed E-state index contributed by atoms with van der Waals surface area (Å²) in [7, 11) is 0. The second-order valence-electron chi connectivity index (χ2n) is 5.32. The van der Waals surface area contributed by atoms with Gasteiger partial charge in [0.15, 0.2) is 0 Å². The van der Waals surface area contributed by atoms with Gasteiger partial charge in [-0.15, -0.1) is 11.8 Å². The van der Waals surface area contributed by atoms with Gasteiger partial charge in [0.05, 0.1) is 0 Å². The van der Waals surface area contributed by atoms with Crippen LogP contribution in [0.2, 0.25) is 0 Å². The van der Waals surface area contributed by atoms with Crippen molar-refractivity contribution in [3.05, 3.63) is 11.5 Å². The SMILES string of the molecule is CCCCCCCC/C=C\SC1CCCC(=O)C1. The van der Waals surface area contributed by atoms with Gasteiger partial charge in [-0.25, -0.2) is 0 Å². The molecule has 1 nitrogen and oxygen atoms in total. The maximum atomic E-state index is 11.3. The van der Waals surface area contributed by atoms with E-state index in [9.17, 15) is 4.79 Å². The number of ketones is 1. The molecule has 0 heterocycles. The van der Waals surface area contributed by atoms with Crippen LogP contribution in [-0.4, -0.2) is 11.0 Å². The fourth-order valence-corrected chi connectivity index (χ4v) is 3.43. The highest BCUT2D eigenvalue weighted by atomic mass is 32.2. The Kier molecular flexibility index (Phi) is 9.37. The maximum absolute atomic E-state index is 11.3. The minimum atomic E-state index is 0.461. The molecule has 1 atom stereocenters. The molecular formula is C16H28OS. The Labute approximate surface area is 117 Å². The third-order valence-corrected chi connectivity index (χ3v) is 4.67. The number of hydrogen-bond acceptors (Lipinski definition) is 2. The van der Waals surface area contributed by atoms with E-state index in [0.29, 0.717) is 11.0 Å². The summed E-state index contributed by atoms with van der Waals surface area (Å²) in [5.41, 5.74) is 0. The molecule has 0 aliphatic heterocycles. The zero-order valence-electron chi connectivity index (χ0n) is 11.8. The summed E-state index contributed by atoms with van der Waals surface area (Å²) in [6, 6.07) is 0. The quantitative estimate of drug-likeness (QED) is 0.514. The monoisotopic (exact) mass is 268 g/mol. The van der Waals surface area contributed by atoms with Gasteiger partial charge in [-0.2, -0.15) is 0 Å². The smallest absolute Gasteiger partial charge is 0.134 e. The summed E-state index contributed by atoms with van der Waals surface area (Å²) in [4.78, 5) is 11.3. The number of rotatable bonds is 9. The minimum absolute atomic E-state index is 0.461. The van der Waals surface area contributed by atoms with Crippen LogP contribution >= 0.6 is 11.8 Å². The lowest BCUT2D eigenvalue weighted by molar-refractivity contribution is -0.120. The Morgan fingerprint density at radius 2 is 2.00 bits per heavy atom. The first-order chi connectivity index (χ1) is 8.83. The molecule has 0 aromatic rings. The Hall–Kier alpha value is -0.240. The molecule has 0 N–H and O–H groups in total. The van der Waals surface area contributed by atoms with Crippen LogP contribution in [-0.2, 0) is 4.79 Å². The lowest BCUT2D eigenvalue weighted by Gasteiger charge is -2.18. The number of thioether (sulfide) groups is 1. The third kappa shape index (κ3) is 7.97. The van der Waals surface area contributed by atoms with Gasteiger partial charge in [0.1, 0.15) is 5.78 Å². The molecule has 0 aromatic heterocycles. The summed E-state index contributed by atoms with van der Waals surface area (Å²) >= 11 is 1.87. The summed E-state index contributed by atoms with van der Waals surface area (Å²) in [6.07, 6.45) is 15.7. The Balaban J connectivity index is 1.92. The Bertz CT molecular complexity index is 247. The molecule has 1 unspecified atom stereocenters.